The maximum absolute atomic E-state index is 12.2. The van der Waals surface area contributed by atoms with Crippen molar-refractivity contribution >= 4 is 17.5 Å². The van der Waals surface area contributed by atoms with E-state index in [0.29, 0.717) is 16.6 Å². The molecule has 1 amide bonds. The van der Waals surface area contributed by atoms with Crippen molar-refractivity contribution in [1.29, 1.82) is 0 Å². The predicted molar refractivity (Wildman–Crippen MR) is 82.1 cm³/mol. The Hall–Kier alpha value is -1.09. The first-order valence-electron chi connectivity index (χ1n) is 7.53. The van der Waals surface area contributed by atoms with Gasteiger partial charge in [-0.05, 0) is 43.2 Å². The van der Waals surface area contributed by atoms with Crippen LogP contribution in [0.15, 0.2) is 12.1 Å². The molecule has 1 aromatic heterocycles. The van der Waals surface area contributed by atoms with Crippen molar-refractivity contribution in [3.63, 3.8) is 0 Å². The fourth-order valence-electron chi connectivity index (χ4n) is 2.74. The molecule has 3 nitrogen and oxygen atoms in total. The first kappa shape index (κ1) is 15.3. The summed E-state index contributed by atoms with van der Waals surface area (Å²) in [4.78, 5) is 16.4. The lowest BCUT2D eigenvalue weighted by atomic mass is 9.83. The van der Waals surface area contributed by atoms with Crippen LogP contribution in [0.5, 0.6) is 0 Å². The number of aromatic nitrogens is 1. The van der Waals surface area contributed by atoms with Gasteiger partial charge in [0.25, 0.3) is 5.91 Å². The van der Waals surface area contributed by atoms with Gasteiger partial charge in [0, 0.05) is 17.8 Å². The monoisotopic (exact) mass is 294 g/mol. The molecule has 1 fully saturated rings. The number of nitrogens with one attached hydrogen (secondary N) is 1. The standard InChI is InChI=1S/C16H23ClN2O/c1-3-14-8-13(9-15(17)19-14)16(20)18-10-12-6-4-11(2)5-7-12/h8-9,11-12H,3-7,10H2,1-2H3,(H,18,20). The minimum atomic E-state index is -0.0392. The van der Waals surface area contributed by atoms with Gasteiger partial charge in [-0.1, -0.05) is 38.3 Å². The summed E-state index contributed by atoms with van der Waals surface area (Å²) in [7, 11) is 0. The number of nitrogens with zero attached hydrogens (tertiary/aromatic N) is 1. The second-order valence-corrected chi connectivity index (χ2v) is 6.25. The van der Waals surface area contributed by atoms with Gasteiger partial charge in [-0.15, -0.1) is 0 Å². The lowest BCUT2D eigenvalue weighted by Gasteiger charge is -2.26. The van der Waals surface area contributed by atoms with E-state index < -0.39 is 0 Å². The molecule has 0 atom stereocenters. The van der Waals surface area contributed by atoms with Crippen molar-refractivity contribution < 1.29 is 4.79 Å². The number of rotatable bonds is 4. The normalized spacial score (nSPS) is 22.6. The van der Waals surface area contributed by atoms with Gasteiger partial charge in [-0.3, -0.25) is 4.79 Å². The Labute approximate surface area is 126 Å². The zero-order valence-corrected chi connectivity index (χ0v) is 13.0. The van der Waals surface area contributed by atoms with E-state index in [4.69, 9.17) is 11.6 Å². The summed E-state index contributed by atoms with van der Waals surface area (Å²) < 4.78 is 0. The van der Waals surface area contributed by atoms with Crippen molar-refractivity contribution in [3.05, 3.63) is 28.5 Å². The first-order valence-corrected chi connectivity index (χ1v) is 7.91. The summed E-state index contributed by atoms with van der Waals surface area (Å²) >= 11 is 5.95. The Balaban J connectivity index is 1.90. The van der Waals surface area contributed by atoms with Crippen molar-refractivity contribution in [2.24, 2.45) is 11.8 Å². The number of hydrogen-bond acceptors (Lipinski definition) is 2. The molecule has 2 rings (SSSR count). The third kappa shape index (κ3) is 4.20. The molecule has 0 aromatic carbocycles. The lowest BCUT2D eigenvalue weighted by Crippen LogP contribution is -2.31. The van der Waals surface area contributed by atoms with E-state index in [9.17, 15) is 4.79 Å². The van der Waals surface area contributed by atoms with Gasteiger partial charge in [-0.2, -0.15) is 0 Å². The van der Waals surface area contributed by atoms with Gasteiger partial charge in [0.15, 0.2) is 0 Å². The molecule has 0 radical (unpaired) electrons. The topological polar surface area (TPSA) is 42.0 Å². The number of aryl methyl sites for hydroxylation is 1. The largest absolute Gasteiger partial charge is 0.352 e. The van der Waals surface area contributed by atoms with E-state index in [1.165, 1.54) is 25.7 Å². The molecule has 1 N–H and O–H groups in total. The molecule has 1 aromatic rings. The highest BCUT2D eigenvalue weighted by atomic mass is 35.5. The highest BCUT2D eigenvalue weighted by Crippen LogP contribution is 2.27. The number of carbonyl (C=O) groups is 1. The van der Waals surface area contributed by atoms with Gasteiger partial charge in [0.1, 0.15) is 5.15 Å². The van der Waals surface area contributed by atoms with Crippen LogP contribution in [0.4, 0.5) is 0 Å². The number of pyridine rings is 1. The Morgan fingerprint density at radius 3 is 2.70 bits per heavy atom. The Bertz CT molecular complexity index is 468. The fraction of sp³-hybridized carbons (Fsp3) is 0.625. The van der Waals surface area contributed by atoms with Crippen LogP contribution in [-0.4, -0.2) is 17.4 Å². The number of halogens is 1. The van der Waals surface area contributed by atoms with Crippen LogP contribution in [0.25, 0.3) is 0 Å². The SMILES string of the molecule is CCc1cc(C(=O)NCC2CCC(C)CC2)cc(Cl)n1. The van der Waals surface area contributed by atoms with Crippen LogP contribution in [0.2, 0.25) is 5.15 Å². The van der Waals surface area contributed by atoms with Crippen LogP contribution >= 0.6 is 11.6 Å². The number of amides is 1. The molecule has 0 saturated heterocycles. The molecule has 1 heterocycles. The third-order valence-electron chi connectivity index (χ3n) is 4.16. The molecule has 20 heavy (non-hydrogen) atoms. The van der Waals surface area contributed by atoms with Crippen molar-refractivity contribution in [1.82, 2.24) is 10.3 Å². The fourth-order valence-corrected chi connectivity index (χ4v) is 2.96. The molecule has 1 aliphatic rings. The van der Waals surface area contributed by atoms with Crippen LogP contribution in [-0.2, 0) is 6.42 Å². The number of hydrogen-bond donors (Lipinski definition) is 1. The smallest absolute Gasteiger partial charge is 0.251 e. The maximum Gasteiger partial charge on any atom is 0.251 e. The zero-order chi connectivity index (χ0) is 14.5. The summed E-state index contributed by atoms with van der Waals surface area (Å²) in [6.07, 6.45) is 5.78. The van der Waals surface area contributed by atoms with E-state index in [2.05, 4.69) is 17.2 Å². The van der Waals surface area contributed by atoms with E-state index in [1.54, 1.807) is 6.07 Å². The molecule has 0 bridgehead atoms. The predicted octanol–water partition coefficient (Wildman–Crippen LogP) is 3.85. The summed E-state index contributed by atoms with van der Waals surface area (Å²) in [6.45, 7) is 5.08. The molecule has 1 saturated carbocycles. The van der Waals surface area contributed by atoms with E-state index in [0.717, 1.165) is 24.6 Å². The van der Waals surface area contributed by atoms with Crippen LogP contribution in [0, 0.1) is 11.8 Å². The molecular formula is C16H23ClN2O. The molecule has 0 unspecified atom stereocenters. The average molecular weight is 295 g/mol. The van der Waals surface area contributed by atoms with Gasteiger partial charge in [-0.25, -0.2) is 4.98 Å². The van der Waals surface area contributed by atoms with Crippen LogP contribution < -0.4 is 5.32 Å². The Morgan fingerprint density at radius 2 is 2.05 bits per heavy atom. The van der Waals surface area contributed by atoms with Crippen LogP contribution in [0.3, 0.4) is 0 Å². The Morgan fingerprint density at radius 1 is 1.35 bits per heavy atom. The Kier molecular flexibility index (Phi) is 5.41. The molecule has 1 aliphatic carbocycles. The third-order valence-corrected chi connectivity index (χ3v) is 4.35. The van der Waals surface area contributed by atoms with E-state index >= 15 is 0 Å². The average Bonchev–Trinajstić information content (AvgIpc) is 2.45. The molecule has 0 spiro atoms. The number of carbonyl (C=O) groups excluding carboxylic acids is 1. The quantitative estimate of drug-likeness (QED) is 0.857. The summed E-state index contributed by atoms with van der Waals surface area (Å²) in [6, 6.07) is 3.46. The van der Waals surface area contributed by atoms with Crippen LogP contribution in [0.1, 0.15) is 55.6 Å². The summed E-state index contributed by atoms with van der Waals surface area (Å²) in [5, 5.41) is 3.43. The molecular weight excluding hydrogens is 272 g/mol. The van der Waals surface area contributed by atoms with E-state index in [1.807, 2.05) is 13.0 Å². The second-order valence-electron chi connectivity index (χ2n) is 5.86. The van der Waals surface area contributed by atoms with Crippen molar-refractivity contribution in [2.45, 2.75) is 46.0 Å². The second kappa shape index (κ2) is 7.07. The van der Waals surface area contributed by atoms with Crippen molar-refractivity contribution in [3.8, 4) is 0 Å². The first-order chi connectivity index (χ1) is 9.58. The van der Waals surface area contributed by atoms with Crippen molar-refractivity contribution in [2.75, 3.05) is 6.54 Å². The maximum atomic E-state index is 12.2. The summed E-state index contributed by atoms with van der Waals surface area (Å²) in [5.74, 6) is 1.42. The van der Waals surface area contributed by atoms with Gasteiger partial charge in [0.05, 0.1) is 0 Å². The minimum Gasteiger partial charge on any atom is -0.352 e. The summed E-state index contributed by atoms with van der Waals surface area (Å²) in [5.41, 5.74) is 1.47. The highest BCUT2D eigenvalue weighted by molar-refractivity contribution is 6.29. The molecule has 0 aliphatic heterocycles. The lowest BCUT2D eigenvalue weighted by molar-refractivity contribution is 0.0941. The van der Waals surface area contributed by atoms with Gasteiger partial charge < -0.3 is 5.32 Å². The molecule has 110 valence electrons. The zero-order valence-electron chi connectivity index (χ0n) is 12.3. The minimum absolute atomic E-state index is 0.0392. The highest BCUT2D eigenvalue weighted by Gasteiger charge is 2.19. The molecule has 4 heteroatoms. The van der Waals surface area contributed by atoms with Gasteiger partial charge in [0.2, 0.25) is 0 Å². The van der Waals surface area contributed by atoms with Gasteiger partial charge >= 0.3 is 0 Å². The van der Waals surface area contributed by atoms with E-state index in [-0.39, 0.29) is 5.91 Å².